The van der Waals surface area contributed by atoms with Gasteiger partial charge in [0, 0.05) is 5.92 Å². The summed E-state index contributed by atoms with van der Waals surface area (Å²) in [4.78, 5) is 4.60. The van der Waals surface area contributed by atoms with Gasteiger partial charge in [0.1, 0.15) is 5.82 Å². The summed E-state index contributed by atoms with van der Waals surface area (Å²) in [5.41, 5.74) is 8.70. The van der Waals surface area contributed by atoms with Crippen molar-refractivity contribution in [3.05, 3.63) is 47.9 Å². The molecule has 0 spiro atoms. The lowest BCUT2D eigenvalue weighted by Gasteiger charge is -2.25. The molecule has 0 bridgehead atoms. The molecule has 1 aromatic heterocycles. The molecular weight excluding hydrogens is 246 g/mol. The zero-order valence-corrected chi connectivity index (χ0v) is 12.1. The van der Waals surface area contributed by atoms with E-state index in [9.17, 15) is 0 Å². The van der Waals surface area contributed by atoms with Gasteiger partial charge >= 0.3 is 0 Å². The SMILES string of the molecule is CC1CCC(c2ncn(Cc3ccccc3)c2N)CC1. The molecule has 3 nitrogen and oxygen atoms in total. The Morgan fingerprint density at radius 1 is 1.15 bits per heavy atom. The summed E-state index contributed by atoms with van der Waals surface area (Å²) in [5, 5.41) is 0. The van der Waals surface area contributed by atoms with Crippen molar-refractivity contribution in [3.63, 3.8) is 0 Å². The van der Waals surface area contributed by atoms with Gasteiger partial charge in [0.2, 0.25) is 0 Å². The molecule has 0 radical (unpaired) electrons. The highest BCUT2D eigenvalue weighted by Gasteiger charge is 2.24. The molecule has 3 heteroatoms. The van der Waals surface area contributed by atoms with Gasteiger partial charge in [-0.05, 0) is 24.3 Å². The number of hydrogen-bond donors (Lipinski definition) is 1. The van der Waals surface area contributed by atoms with Gasteiger partial charge < -0.3 is 10.3 Å². The highest BCUT2D eigenvalue weighted by atomic mass is 15.1. The standard InChI is InChI=1S/C17H23N3/c1-13-7-9-15(10-8-13)16-17(18)20(12-19-16)11-14-5-3-2-4-6-14/h2-6,12-13,15H,7-11,18H2,1H3. The predicted octanol–water partition coefficient (Wildman–Crippen LogP) is 3.81. The van der Waals surface area contributed by atoms with Crippen molar-refractivity contribution in [2.45, 2.75) is 45.1 Å². The molecule has 1 fully saturated rings. The normalized spacial score (nSPS) is 22.9. The van der Waals surface area contributed by atoms with Crippen molar-refractivity contribution < 1.29 is 0 Å². The number of hydrogen-bond acceptors (Lipinski definition) is 2. The van der Waals surface area contributed by atoms with Gasteiger partial charge in [0.05, 0.1) is 18.6 Å². The van der Waals surface area contributed by atoms with Crippen molar-refractivity contribution in [2.75, 3.05) is 5.73 Å². The zero-order valence-electron chi connectivity index (χ0n) is 12.1. The van der Waals surface area contributed by atoms with E-state index in [1.54, 1.807) is 0 Å². The summed E-state index contributed by atoms with van der Waals surface area (Å²) >= 11 is 0. The number of nitrogens with zero attached hydrogens (tertiary/aromatic N) is 2. The molecule has 1 saturated carbocycles. The van der Waals surface area contributed by atoms with Crippen LogP contribution in [0.3, 0.4) is 0 Å². The predicted molar refractivity (Wildman–Crippen MR) is 82.6 cm³/mol. The second-order valence-corrected chi connectivity index (χ2v) is 6.09. The Bertz CT molecular complexity index is 551. The lowest BCUT2D eigenvalue weighted by atomic mass is 9.81. The number of benzene rings is 1. The summed E-state index contributed by atoms with van der Waals surface area (Å²) in [7, 11) is 0. The quantitative estimate of drug-likeness (QED) is 0.921. The van der Waals surface area contributed by atoms with Gasteiger partial charge in [0.25, 0.3) is 0 Å². The minimum Gasteiger partial charge on any atom is -0.384 e. The van der Waals surface area contributed by atoms with Gasteiger partial charge in [-0.15, -0.1) is 0 Å². The molecule has 20 heavy (non-hydrogen) atoms. The first kappa shape index (κ1) is 13.2. The number of imidazole rings is 1. The van der Waals surface area contributed by atoms with Crippen molar-refractivity contribution in [1.29, 1.82) is 0 Å². The van der Waals surface area contributed by atoms with Crippen LogP contribution in [0, 0.1) is 5.92 Å². The van der Waals surface area contributed by atoms with E-state index in [1.807, 2.05) is 12.4 Å². The molecule has 2 aromatic rings. The molecule has 1 aromatic carbocycles. The molecule has 106 valence electrons. The molecule has 0 amide bonds. The fourth-order valence-corrected chi connectivity index (χ4v) is 3.16. The van der Waals surface area contributed by atoms with Crippen LogP contribution in [-0.4, -0.2) is 9.55 Å². The lowest BCUT2D eigenvalue weighted by Crippen LogP contribution is -2.13. The van der Waals surface area contributed by atoms with Crippen LogP contribution in [0.15, 0.2) is 36.7 Å². The van der Waals surface area contributed by atoms with Gasteiger partial charge in [0.15, 0.2) is 0 Å². The molecule has 1 aliphatic rings. The van der Waals surface area contributed by atoms with E-state index in [-0.39, 0.29) is 0 Å². The number of nitrogens with two attached hydrogens (primary N) is 1. The minimum absolute atomic E-state index is 0.559. The summed E-state index contributed by atoms with van der Waals surface area (Å²) in [6.45, 7) is 3.15. The number of aromatic nitrogens is 2. The van der Waals surface area contributed by atoms with E-state index in [4.69, 9.17) is 5.73 Å². The third-order valence-electron chi connectivity index (χ3n) is 4.51. The number of anilines is 1. The van der Waals surface area contributed by atoms with Crippen LogP contribution in [0.4, 0.5) is 5.82 Å². The zero-order chi connectivity index (χ0) is 13.9. The monoisotopic (exact) mass is 269 g/mol. The largest absolute Gasteiger partial charge is 0.384 e. The Morgan fingerprint density at radius 2 is 1.85 bits per heavy atom. The third kappa shape index (κ3) is 2.72. The van der Waals surface area contributed by atoms with Crippen LogP contribution < -0.4 is 5.73 Å². The Kier molecular flexibility index (Phi) is 3.77. The molecule has 0 aliphatic heterocycles. The first-order valence-corrected chi connectivity index (χ1v) is 7.58. The van der Waals surface area contributed by atoms with Crippen LogP contribution in [0.1, 0.15) is 49.8 Å². The minimum atomic E-state index is 0.559. The second-order valence-electron chi connectivity index (χ2n) is 6.09. The molecule has 0 saturated heterocycles. The van der Waals surface area contributed by atoms with Gasteiger partial charge in [-0.3, -0.25) is 0 Å². The second kappa shape index (κ2) is 5.70. The van der Waals surface area contributed by atoms with Crippen molar-refractivity contribution >= 4 is 5.82 Å². The van der Waals surface area contributed by atoms with Crippen molar-refractivity contribution in [3.8, 4) is 0 Å². The third-order valence-corrected chi connectivity index (χ3v) is 4.51. The summed E-state index contributed by atoms with van der Waals surface area (Å²) in [6, 6.07) is 10.4. The van der Waals surface area contributed by atoms with Crippen molar-refractivity contribution in [1.82, 2.24) is 9.55 Å². The summed E-state index contributed by atoms with van der Waals surface area (Å²) in [5.74, 6) is 2.27. The van der Waals surface area contributed by atoms with E-state index in [1.165, 1.54) is 31.2 Å². The van der Waals surface area contributed by atoms with Gasteiger partial charge in [-0.25, -0.2) is 4.98 Å². The van der Waals surface area contributed by atoms with Gasteiger partial charge in [-0.2, -0.15) is 0 Å². The lowest BCUT2D eigenvalue weighted by molar-refractivity contribution is 0.345. The summed E-state index contributed by atoms with van der Waals surface area (Å²) in [6.07, 6.45) is 6.96. The Balaban J connectivity index is 1.75. The molecule has 3 rings (SSSR count). The first-order valence-electron chi connectivity index (χ1n) is 7.58. The first-order chi connectivity index (χ1) is 9.74. The average molecular weight is 269 g/mol. The van der Waals surface area contributed by atoms with Crippen molar-refractivity contribution in [2.24, 2.45) is 5.92 Å². The maximum Gasteiger partial charge on any atom is 0.127 e. The van der Waals surface area contributed by atoms with E-state index in [0.29, 0.717) is 5.92 Å². The Labute approximate surface area is 120 Å². The molecule has 1 heterocycles. The topological polar surface area (TPSA) is 43.8 Å². The van der Waals surface area contributed by atoms with Crippen LogP contribution in [-0.2, 0) is 6.54 Å². The molecule has 1 aliphatic carbocycles. The molecule has 0 atom stereocenters. The number of nitrogen functional groups attached to an aromatic ring is 1. The Hall–Kier alpha value is -1.77. The average Bonchev–Trinajstić information content (AvgIpc) is 2.83. The van der Waals surface area contributed by atoms with E-state index < -0.39 is 0 Å². The van der Waals surface area contributed by atoms with Crippen LogP contribution >= 0.6 is 0 Å². The highest BCUT2D eigenvalue weighted by molar-refractivity contribution is 5.39. The highest BCUT2D eigenvalue weighted by Crippen LogP contribution is 2.37. The van der Waals surface area contributed by atoms with E-state index in [2.05, 4.69) is 40.7 Å². The van der Waals surface area contributed by atoms with E-state index >= 15 is 0 Å². The fourth-order valence-electron chi connectivity index (χ4n) is 3.16. The Morgan fingerprint density at radius 3 is 2.55 bits per heavy atom. The fraction of sp³-hybridized carbons (Fsp3) is 0.471. The van der Waals surface area contributed by atoms with E-state index in [0.717, 1.165) is 24.0 Å². The maximum atomic E-state index is 6.32. The van der Waals surface area contributed by atoms with Crippen LogP contribution in [0.25, 0.3) is 0 Å². The van der Waals surface area contributed by atoms with Crippen LogP contribution in [0.5, 0.6) is 0 Å². The van der Waals surface area contributed by atoms with Crippen LogP contribution in [0.2, 0.25) is 0 Å². The van der Waals surface area contributed by atoms with Gasteiger partial charge in [-0.1, -0.05) is 50.1 Å². The molecule has 2 N–H and O–H groups in total. The number of rotatable bonds is 3. The smallest absolute Gasteiger partial charge is 0.127 e. The molecule has 0 unspecified atom stereocenters. The summed E-state index contributed by atoms with van der Waals surface area (Å²) < 4.78 is 2.07. The molecular formula is C17H23N3. The maximum absolute atomic E-state index is 6.32.